The van der Waals surface area contributed by atoms with Crippen LogP contribution in [0.25, 0.3) is 0 Å². The van der Waals surface area contributed by atoms with Crippen molar-refractivity contribution in [3.63, 3.8) is 0 Å². The summed E-state index contributed by atoms with van der Waals surface area (Å²) >= 11 is 1.13. The zero-order valence-electron chi connectivity index (χ0n) is 14.0. The smallest absolute Gasteiger partial charge is 0.250 e. The first-order valence-electron chi connectivity index (χ1n) is 8.54. The summed E-state index contributed by atoms with van der Waals surface area (Å²) in [6, 6.07) is 3.21. The zero-order valence-corrected chi connectivity index (χ0v) is 15.6. The van der Waals surface area contributed by atoms with E-state index in [4.69, 9.17) is 9.47 Å². The fourth-order valence-electron chi connectivity index (χ4n) is 3.45. The van der Waals surface area contributed by atoms with Gasteiger partial charge in [-0.3, -0.25) is 4.79 Å². The molecule has 0 aromatic carbocycles. The van der Waals surface area contributed by atoms with E-state index >= 15 is 0 Å². The molecule has 3 heterocycles. The quantitative estimate of drug-likeness (QED) is 0.758. The summed E-state index contributed by atoms with van der Waals surface area (Å²) in [4.78, 5) is 12.3. The van der Waals surface area contributed by atoms with Crippen LogP contribution in [0.1, 0.15) is 19.3 Å². The number of nitrogens with one attached hydrogen (secondary N) is 2. The number of sulfonamides is 1. The number of hydrogen-bond donors (Lipinski definition) is 2. The van der Waals surface area contributed by atoms with E-state index in [1.165, 1.54) is 6.07 Å². The van der Waals surface area contributed by atoms with Gasteiger partial charge in [-0.25, -0.2) is 13.1 Å². The van der Waals surface area contributed by atoms with Crippen molar-refractivity contribution in [1.29, 1.82) is 0 Å². The summed E-state index contributed by atoms with van der Waals surface area (Å²) in [6.45, 7) is 2.51. The molecule has 0 bridgehead atoms. The van der Waals surface area contributed by atoms with E-state index in [2.05, 4.69) is 10.0 Å². The highest BCUT2D eigenvalue weighted by atomic mass is 32.2. The molecule has 0 unspecified atom stereocenters. The Kier molecular flexibility index (Phi) is 6.45. The van der Waals surface area contributed by atoms with Gasteiger partial charge >= 0.3 is 0 Å². The average molecular weight is 389 g/mol. The van der Waals surface area contributed by atoms with Gasteiger partial charge in [0.1, 0.15) is 4.21 Å². The highest BCUT2D eigenvalue weighted by molar-refractivity contribution is 7.91. The molecule has 9 heteroatoms. The highest BCUT2D eigenvalue weighted by Crippen LogP contribution is 2.30. The number of carbonyl (C=O) groups is 1. The molecule has 2 aliphatic heterocycles. The summed E-state index contributed by atoms with van der Waals surface area (Å²) in [6.07, 6.45) is 2.71. The van der Waals surface area contributed by atoms with Crippen molar-refractivity contribution >= 4 is 27.3 Å². The van der Waals surface area contributed by atoms with E-state index in [0.717, 1.165) is 43.8 Å². The fourth-order valence-corrected chi connectivity index (χ4v) is 5.47. The normalized spacial score (nSPS) is 25.6. The molecule has 1 aromatic heterocycles. The SMILES string of the molecule is O=C(CNS(=O)(=O)c1cccs1)N[C@H]1CCOC[C@H]1C1CCOCC1. The van der Waals surface area contributed by atoms with Crippen LogP contribution >= 0.6 is 11.3 Å². The number of rotatable bonds is 6. The third kappa shape index (κ3) is 5.01. The lowest BCUT2D eigenvalue weighted by Crippen LogP contribution is -2.51. The minimum Gasteiger partial charge on any atom is -0.381 e. The average Bonchev–Trinajstić information content (AvgIpc) is 3.17. The Morgan fingerprint density at radius 3 is 2.68 bits per heavy atom. The molecule has 25 heavy (non-hydrogen) atoms. The van der Waals surface area contributed by atoms with Gasteiger partial charge in [0.15, 0.2) is 0 Å². The van der Waals surface area contributed by atoms with Gasteiger partial charge in [0, 0.05) is 31.8 Å². The Hall–Kier alpha value is -1.00. The van der Waals surface area contributed by atoms with E-state index in [1.54, 1.807) is 11.4 Å². The van der Waals surface area contributed by atoms with Crippen LogP contribution in [-0.2, 0) is 24.3 Å². The van der Waals surface area contributed by atoms with E-state index in [9.17, 15) is 13.2 Å². The number of amides is 1. The minimum atomic E-state index is -3.62. The van der Waals surface area contributed by atoms with Crippen molar-refractivity contribution in [3.05, 3.63) is 17.5 Å². The molecule has 0 aliphatic carbocycles. The van der Waals surface area contributed by atoms with Crippen LogP contribution in [0.4, 0.5) is 0 Å². The summed E-state index contributed by atoms with van der Waals surface area (Å²) in [5, 5.41) is 4.69. The lowest BCUT2D eigenvalue weighted by molar-refractivity contribution is -0.122. The fraction of sp³-hybridized carbons (Fsp3) is 0.688. The second-order valence-electron chi connectivity index (χ2n) is 6.41. The van der Waals surface area contributed by atoms with Gasteiger partial charge in [-0.1, -0.05) is 6.07 Å². The molecule has 0 saturated carbocycles. The lowest BCUT2D eigenvalue weighted by Gasteiger charge is -2.39. The van der Waals surface area contributed by atoms with Gasteiger partial charge in [0.05, 0.1) is 13.2 Å². The summed E-state index contributed by atoms with van der Waals surface area (Å²) in [5.74, 6) is 0.432. The van der Waals surface area contributed by atoms with Crippen molar-refractivity contribution in [2.75, 3.05) is 33.0 Å². The van der Waals surface area contributed by atoms with Crippen molar-refractivity contribution in [2.24, 2.45) is 11.8 Å². The Labute approximate surface area is 152 Å². The largest absolute Gasteiger partial charge is 0.381 e. The van der Waals surface area contributed by atoms with Gasteiger partial charge in [-0.15, -0.1) is 11.3 Å². The zero-order chi connectivity index (χ0) is 17.7. The summed E-state index contributed by atoms with van der Waals surface area (Å²) in [5.41, 5.74) is 0. The van der Waals surface area contributed by atoms with Crippen molar-refractivity contribution in [3.8, 4) is 0 Å². The molecule has 1 aromatic rings. The Bertz CT molecular complexity index is 656. The van der Waals surface area contributed by atoms with E-state index in [1.807, 2.05) is 0 Å². The lowest BCUT2D eigenvalue weighted by atomic mass is 9.79. The summed E-state index contributed by atoms with van der Waals surface area (Å²) in [7, 11) is -3.62. The molecule has 2 saturated heterocycles. The molecule has 2 N–H and O–H groups in total. The molecule has 2 aliphatic rings. The van der Waals surface area contributed by atoms with Crippen LogP contribution in [0.2, 0.25) is 0 Å². The van der Waals surface area contributed by atoms with Gasteiger partial charge in [0.2, 0.25) is 5.91 Å². The maximum Gasteiger partial charge on any atom is 0.250 e. The number of thiophene rings is 1. The van der Waals surface area contributed by atoms with Gasteiger partial charge in [-0.05, 0) is 36.6 Å². The van der Waals surface area contributed by atoms with Gasteiger partial charge in [-0.2, -0.15) is 0 Å². The number of hydrogen-bond acceptors (Lipinski definition) is 6. The molecule has 1 amide bonds. The topological polar surface area (TPSA) is 93.7 Å². The first-order chi connectivity index (χ1) is 12.1. The van der Waals surface area contributed by atoms with Crippen molar-refractivity contribution < 1.29 is 22.7 Å². The van der Waals surface area contributed by atoms with Crippen LogP contribution < -0.4 is 10.0 Å². The Morgan fingerprint density at radius 1 is 1.20 bits per heavy atom. The van der Waals surface area contributed by atoms with Crippen LogP contribution in [0, 0.1) is 11.8 Å². The third-order valence-electron chi connectivity index (χ3n) is 4.80. The monoisotopic (exact) mass is 388 g/mol. The van der Waals surface area contributed by atoms with Crippen molar-refractivity contribution in [1.82, 2.24) is 10.0 Å². The molecule has 3 rings (SSSR count). The molecular weight excluding hydrogens is 364 g/mol. The van der Waals surface area contributed by atoms with Crippen LogP contribution in [0.5, 0.6) is 0 Å². The van der Waals surface area contributed by atoms with E-state index in [-0.39, 0.29) is 28.6 Å². The second kappa shape index (κ2) is 8.59. The molecule has 2 atom stereocenters. The summed E-state index contributed by atoms with van der Waals surface area (Å²) < 4.78 is 37.8. The van der Waals surface area contributed by atoms with Crippen LogP contribution in [0.3, 0.4) is 0 Å². The number of carbonyl (C=O) groups excluding carboxylic acids is 1. The van der Waals surface area contributed by atoms with Crippen LogP contribution in [0.15, 0.2) is 21.7 Å². The first kappa shape index (κ1) is 18.8. The third-order valence-corrected chi connectivity index (χ3v) is 7.60. The van der Waals surface area contributed by atoms with E-state index < -0.39 is 10.0 Å². The van der Waals surface area contributed by atoms with E-state index in [0.29, 0.717) is 19.1 Å². The molecule has 7 nitrogen and oxygen atoms in total. The first-order valence-corrected chi connectivity index (χ1v) is 10.9. The predicted molar refractivity (Wildman–Crippen MR) is 93.9 cm³/mol. The molecule has 140 valence electrons. The van der Waals surface area contributed by atoms with Gasteiger partial charge < -0.3 is 14.8 Å². The predicted octanol–water partition coefficient (Wildman–Crippen LogP) is 0.974. The molecule has 0 spiro atoms. The van der Waals surface area contributed by atoms with Gasteiger partial charge in [0.25, 0.3) is 10.0 Å². The minimum absolute atomic E-state index is 0.0237. The maximum atomic E-state index is 12.3. The standard InChI is InChI=1S/C16H24N2O5S2/c19-15(10-17-25(20,21)16-2-1-9-24-16)18-14-5-8-23-11-13(14)12-3-6-22-7-4-12/h1-2,9,12-14,17H,3-8,10-11H2,(H,18,19)/t13-,14-/m0/s1. The Balaban J connectivity index is 1.53. The Morgan fingerprint density at radius 2 is 1.96 bits per heavy atom. The molecular formula is C16H24N2O5S2. The maximum absolute atomic E-state index is 12.3. The molecule has 2 fully saturated rings. The van der Waals surface area contributed by atoms with Crippen molar-refractivity contribution in [2.45, 2.75) is 29.5 Å². The van der Waals surface area contributed by atoms with Crippen LogP contribution in [-0.4, -0.2) is 53.3 Å². The highest BCUT2D eigenvalue weighted by Gasteiger charge is 2.34. The molecule has 0 radical (unpaired) electrons. The number of ether oxygens (including phenoxy) is 2. The second-order valence-corrected chi connectivity index (χ2v) is 9.35.